The number of amides is 2. The topological polar surface area (TPSA) is 135 Å². The average molecular weight is 431 g/mol. The molecule has 0 aliphatic rings. The molecule has 2 N–H and O–H groups in total. The fourth-order valence-electron chi connectivity index (χ4n) is 2.42. The molecule has 158 valence electrons. The van der Waals surface area contributed by atoms with Gasteiger partial charge in [-0.15, -0.1) is 0 Å². The predicted octanol–water partition coefficient (Wildman–Crippen LogP) is 2.31. The molecular formula is C20H21N3O6S. The first-order chi connectivity index (χ1) is 14.3. The van der Waals surface area contributed by atoms with Crippen molar-refractivity contribution in [3.63, 3.8) is 0 Å². The van der Waals surface area contributed by atoms with Crippen LogP contribution in [0.15, 0.2) is 48.5 Å². The van der Waals surface area contributed by atoms with Gasteiger partial charge in [0.05, 0.1) is 24.0 Å². The van der Waals surface area contributed by atoms with Crippen molar-refractivity contribution < 1.29 is 27.5 Å². The van der Waals surface area contributed by atoms with Gasteiger partial charge >= 0.3 is 6.09 Å². The molecule has 9 nitrogen and oxygen atoms in total. The summed E-state index contributed by atoms with van der Waals surface area (Å²) in [7, 11) is -2.23. The molecule has 0 heterocycles. The lowest BCUT2D eigenvalue weighted by atomic mass is 10.2. The van der Waals surface area contributed by atoms with Crippen LogP contribution in [0.1, 0.15) is 11.1 Å². The smallest absolute Gasteiger partial charge is 0.411 e. The predicted molar refractivity (Wildman–Crippen MR) is 111 cm³/mol. The van der Waals surface area contributed by atoms with Crippen LogP contribution in [0.25, 0.3) is 0 Å². The van der Waals surface area contributed by atoms with Crippen LogP contribution in [0.2, 0.25) is 0 Å². The van der Waals surface area contributed by atoms with Crippen LogP contribution >= 0.6 is 0 Å². The first-order valence-electron chi connectivity index (χ1n) is 8.83. The summed E-state index contributed by atoms with van der Waals surface area (Å²) in [6, 6.07) is 14.3. The molecule has 0 fully saturated rings. The molecule has 0 atom stereocenters. The van der Waals surface area contributed by atoms with Gasteiger partial charge in [0.15, 0.2) is 9.84 Å². The van der Waals surface area contributed by atoms with E-state index in [2.05, 4.69) is 10.6 Å². The van der Waals surface area contributed by atoms with E-state index in [1.54, 1.807) is 18.2 Å². The van der Waals surface area contributed by atoms with Crippen molar-refractivity contribution in [1.82, 2.24) is 0 Å². The normalized spacial score (nSPS) is 10.7. The molecule has 10 heteroatoms. The van der Waals surface area contributed by atoms with Gasteiger partial charge in [0, 0.05) is 18.5 Å². The molecule has 0 radical (unpaired) electrons. The van der Waals surface area contributed by atoms with E-state index in [1.165, 1.54) is 37.4 Å². The van der Waals surface area contributed by atoms with Crippen molar-refractivity contribution in [3.8, 4) is 6.07 Å². The highest BCUT2D eigenvalue weighted by Gasteiger charge is 2.18. The summed E-state index contributed by atoms with van der Waals surface area (Å²) in [6.45, 7) is 0.357. The van der Waals surface area contributed by atoms with Crippen LogP contribution in [-0.4, -0.2) is 46.5 Å². The Kier molecular flexibility index (Phi) is 8.34. The maximum absolute atomic E-state index is 12.3. The van der Waals surface area contributed by atoms with E-state index in [4.69, 9.17) is 14.7 Å². The number of hydrogen-bond acceptors (Lipinski definition) is 7. The number of nitrogens with zero attached hydrogens (tertiary/aromatic N) is 1. The van der Waals surface area contributed by atoms with Crippen LogP contribution < -0.4 is 10.6 Å². The number of ether oxygens (including phenoxy) is 2. The van der Waals surface area contributed by atoms with Gasteiger partial charge in [-0.25, -0.2) is 13.2 Å². The van der Waals surface area contributed by atoms with E-state index < -0.39 is 27.6 Å². The quantitative estimate of drug-likeness (QED) is 0.582. The maximum Gasteiger partial charge on any atom is 0.411 e. The number of carbonyl (C=O) groups is 2. The molecule has 30 heavy (non-hydrogen) atoms. The van der Waals surface area contributed by atoms with Gasteiger partial charge in [0.1, 0.15) is 12.4 Å². The third-order valence-electron chi connectivity index (χ3n) is 3.73. The largest absolute Gasteiger partial charge is 0.447 e. The highest BCUT2D eigenvalue weighted by Crippen LogP contribution is 2.16. The Morgan fingerprint density at radius 2 is 1.70 bits per heavy atom. The molecule has 0 bridgehead atoms. The van der Waals surface area contributed by atoms with Gasteiger partial charge in [-0.1, -0.05) is 18.2 Å². The zero-order valence-corrected chi connectivity index (χ0v) is 17.1. The Morgan fingerprint density at radius 3 is 2.33 bits per heavy atom. The Bertz CT molecular complexity index is 1030. The van der Waals surface area contributed by atoms with Crippen LogP contribution in [-0.2, 0) is 29.9 Å². The minimum Gasteiger partial charge on any atom is -0.447 e. The Hall–Kier alpha value is -3.42. The van der Waals surface area contributed by atoms with Crippen molar-refractivity contribution in [3.05, 3.63) is 59.7 Å². The zero-order valence-electron chi connectivity index (χ0n) is 16.3. The molecule has 2 aromatic carbocycles. The fourth-order valence-corrected chi connectivity index (χ4v) is 3.70. The van der Waals surface area contributed by atoms with Crippen molar-refractivity contribution in [2.75, 3.05) is 36.7 Å². The van der Waals surface area contributed by atoms with Gasteiger partial charge in [-0.3, -0.25) is 10.1 Å². The SMILES string of the molecule is COCCOC(=O)Nc1cccc(NC(=O)CS(=O)(=O)Cc2ccc(C#N)cc2)c1. The van der Waals surface area contributed by atoms with E-state index in [0.29, 0.717) is 22.5 Å². The van der Waals surface area contributed by atoms with Gasteiger partial charge in [-0.05, 0) is 35.9 Å². The number of rotatable bonds is 9. The number of benzene rings is 2. The second-order valence-corrected chi connectivity index (χ2v) is 8.29. The molecule has 0 spiro atoms. The van der Waals surface area contributed by atoms with Crippen molar-refractivity contribution in [1.29, 1.82) is 5.26 Å². The lowest BCUT2D eigenvalue weighted by Gasteiger charge is -2.10. The van der Waals surface area contributed by atoms with Crippen molar-refractivity contribution >= 4 is 33.2 Å². The summed E-state index contributed by atoms with van der Waals surface area (Å²) in [4.78, 5) is 23.8. The van der Waals surface area contributed by atoms with Gasteiger partial charge in [0.25, 0.3) is 0 Å². The third kappa shape index (κ3) is 7.90. The molecular weight excluding hydrogens is 410 g/mol. The van der Waals surface area contributed by atoms with Gasteiger partial charge in [0.2, 0.25) is 5.91 Å². The van der Waals surface area contributed by atoms with Gasteiger partial charge < -0.3 is 14.8 Å². The summed E-state index contributed by atoms with van der Waals surface area (Å²) in [5, 5.41) is 13.8. The minimum absolute atomic E-state index is 0.0931. The van der Waals surface area contributed by atoms with Gasteiger partial charge in [-0.2, -0.15) is 5.26 Å². The molecule has 0 saturated carbocycles. The van der Waals surface area contributed by atoms with Crippen LogP contribution in [0.3, 0.4) is 0 Å². The average Bonchev–Trinajstić information content (AvgIpc) is 2.68. The maximum atomic E-state index is 12.3. The van der Waals surface area contributed by atoms with Crippen molar-refractivity contribution in [2.24, 2.45) is 0 Å². The summed E-state index contributed by atoms with van der Waals surface area (Å²) in [5.74, 6) is -1.73. The molecule has 2 aromatic rings. The Labute approximate surface area is 174 Å². The minimum atomic E-state index is -3.71. The molecule has 0 aromatic heterocycles. The summed E-state index contributed by atoms with van der Waals surface area (Å²) in [6.07, 6.45) is -0.680. The van der Waals surface area contributed by atoms with E-state index in [1.807, 2.05) is 6.07 Å². The van der Waals surface area contributed by atoms with Crippen LogP contribution in [0, 0.1) is 11.3 Å². The molecule has 0 unspecified atom stereocenters. The highest BCUT2D eigenvalue weighted by atomic mass is 32.2. The third-order valence-corrected chi connectivity index (χ3v) is 5.21. The molecule has 0 saturated heterocycles. The Balaban J connectivity index is 1.91. The summed E-state index contributed by atoms with van der Waals surface area (Å²) in [5.41, 5.74) is 1.60. The Morgan fingerprint density at radius 1 is 1.03 bits per heavy atom. The monoisotopic (exact) mass is 431 g/mol. The first-order valence-corrected chi connectivity index (χ1v) is 10.7. The van der Waals surface area contributed by atoms with Crippen LogP contribution in [0.4, 0.5) is 16.2 Å². The van der Waals surface area contributed by atoms with Crippen molar-refractivity contribution in [2.45, 2.75) is 5.75 Å². The molecule has 2 amide bonds. The molecule has 0 aliphatic heterocycles. The molecule has 0 aliphatic carbocycles. The molecule has 2 rings (SSSR count). The number of nitriles is 1. The van der Waals surface area contributed by atoms with E-state index in [9.17, 15) is 18.0 Å². The van der Waals surface area contributed by atoms with Crippen LogP contribution in [0.5, 0.6) is 0 Å². The first kappa shape index (κ1) is 22.9. The summed E-state index contributed by atoms with van der Waals surface area (Å²) < 4.78 is 34.2. The lowest BCUT2D eigenvalue weighted by molar-refractivity contribution is -0.113. The highest BCUT2D eigenvalue weighted by molar-refractivity contribution is 7.91. The number of sulfone groups is 1. The number of hydrogen-bond donors (Lipinski definition) is 2. The number of nitrogens with one attached hydrogen (secondary N) is 2. The number of anilines is 2. The zero-order chi connectivity index (χ0) is 22.0. The van der Waals surface area contributed by atoms with E-state index in [-0.39, 0.29) is 19.0 Å². The standard InChI is InChI=1S/C20H21N3O6S/c1-28-9-10-29-20(25)23-18-4-2-3-17(11-18)22-19(24)14-30(26,27)13-16-7-5-15(12-21)6-8-16/h2-8,11H,9-10,13-14H2,1H3,(H,22,24)(H,23,25). The number of carbonyl (C=O) groups excluding carboxylic acids is 2. The summed E-state index contributed by atoms with van der Waals surface area (Å²) >= 11 is 0. The van der Waals surface area contributed by atoms with E-state index in [0.717, 1.165) is 0 Å². The second kappa shape index (κ2) is 10.9. The second-order valence-electron chi connectivity index (χ2n) is 6.22. The number of methoxy groups -OCH3 is 1. The fraction of sp³-hybridized carbons (Fsp3) is 0.250. The lowest BCUT2D eigenvalue weighted by Crippen LogP contribution is -2.24. The van der Waals surface area contributed by atoms with E-state index >= 15 is 0 Å².